The van der Waals surface area contributed by atoms with Crippen molar-refractivity contribution in [3.8, 4) is 11.5 Å². The third-order valence-electron chi connectivity index (χ3n) is 14.1. The molecule has 0 saturated carbocycles. The van der Waals surface area contributed by atoms with E-state index in [1.54, 1.807) is 24.3 Å². The van der Waals surface area contributed by atoms with Gasteiger partial charge in [0.1, 0.15) is 9.84 Å². The summed E-state index contributed by atoms with van der Waals surface area (Å²) in [5.74, 6) is 0.819. The lowest BCUT2D eigenvalue weighted by Crippen LogP contribution is -2.44. The maximum absolute atomic E-state index is 14.0. The molecular weight excluding hydrogens is 807 g/mol. The summed E-state index contributed by atoms with van der Waals surface area (Å²) >= 11 is 0. The van der Waals surface area contributed by atoms with Crippen LogP contribution >= 0.6 is 0 Å². The topological polar surface area (TPSA) is 146 Å². The molecule has 4 fully saturated rings. The molecule has 62 heavy (non-hydrogen) atoms. The lowest BCUT2D eigenvalue weighted by atomic mass is 9.78. The van der Waals surface area contributed by atoms with Gasteiger partial charge in [-0.2, -0.15) is 0 Å². The van der Waals surface area contributed by atoms with Gasteiger partial charge in [-0.3, -0.25) is 29.4 Å². The third-order valence-corrected chi connectivity index (χ3v) is 15.0. The Hall–Kier alpha value is -4.79. The first kappa shape index (κ1) is 43.8. The van der Waals surface area contributed by atoms with Crippen LogP contribution in [0, 0.1) is 11.8 Å². The van der Waals surface area contributed by atoms with E-state index in [0.29, 0.717) is 59.8 Å². The number of likely N-dealkylation sites (tertiary alicyclic amines) is 2. The summed E-state index contributed by atoms with van der Waals surface area (Å²) in [6.07, 6.45) is 9.00. The Bertz CT molecular complexity index is 2240. The molecule has 5 heterocycles. The first-order valence-electron chi connectivity index (χ1n) is 22.5. The van der Waals surface area contributed by atoms with Gasteiger partial charge in [-0.05, 0) is 143 Å². The number of carbonyl (C=O) groups is 4. The molecular formula is C48H61N5O8S. The van der Waals surface area contributed by atoms with Gasteiger partial charge in [0, 0.05) is 44.5 Å². The van der Waals surface area contributed by atoms with Gasteiger partial charge < -0.3 is 24.2 Å². The Balaban J connectivity index is 0.792. The number of benzene rings is 3. The lowest BCUT2D eigenvalue weighted by Gasteiger charge is -2.41. The molecule has 332 valence electrons. The summed E-state index contributed by atoms with van der Waals surface area (Å²) < 4.78 is 36.5. The fourth-order valence-corrected chi connectivity index (χ4v) is 11.5. The Kier molecular flexibility index (Phi) is 13.4. The number of carbonyl (C=O) groups excluding carboxylic acids is 4. The van der Waals surface area contributed by atoms with Crippen LogP contribution in [0.15, 0.2) is 60.7 Å². The van der Waals surface area contributed by atoms with Crippen molar-refractivity contribution in [3.63, 3.8) is 0 Å². The summed E-state index contributed by atoms with van der Waals surface area (Å²) in [5, 5.41) is 2.47. The van der Waals surface area contributed by atoms with Crippen molar-refractivity contribution in [2.75, 3.05) is 83.0 Å². The molecule has 5 aliphatic heterocycles. The summed E-state index contributed by atoms with van der Waals surface area (Å²) in [7, 11) is -2.08. The molecule has 0 radical (unpaired) electrons. The number of nitrogens with zero attached hydrogens (tertiary/aromatic N) is 4. The van der Waals surface area contributed by atoms with Crippen molar-refractivity contribution in [3.05, 3.63) is 88.5 Å². The number of sulfone groups is 1. The van der Waals surface area contributed by atoms with Crippen LogP contribution in [-0.2, 0) is 19.4 Å². The SMILES string of the molecule is CCOc1cc([C@@H](CS(C)(=O)=O)N2C(=O)c3ccc(N4CCC(C5CCN(CCN6CCC(c7ccc(C8CCC(=O)NC8=O)cc7)CC6)CC5)CC4)cc3C2=O)ccc1OC. The van der Waals surface area contributed by atoms with Crippen LogP contribution in [0.4, 0.5) is 5.69 Å². The van der Waals surface area contributed by atoms with Gasteiger partial charge in [0.15, 0.2) is 11.5 Å². The zero-order valence-electron chi connectivity index (χ0n) is 36.4. The third kappa shape index (κ3) is 9.72. The van der Waals surface area contributed by atoms with E-state index in [1.807, 2.05) is 19.1 Å². The van der Waals surface area contributed by atoms with E-state index in [9.17, 15) is 27.6 Å². The van der Waals surface area contributed by atoms with E-state index in [1.165, 1.54) is 25.5 Å². The number of amides is 4. The number of rotatable bonds is 14. The number of imide groups is 2. The Labute approximate surface area is 366 Å². The molecule has 14 heteroatoms. The Morgan fingerprint density at radius 3 is 1.94 bits per heavy atom. The first-order valence-corrected chi connectivity index (χ1v) is 24.6. The minimum Gasteiger partial charge on any atom is -0.493 e. The van der Waals surface area contributed by atoms with Gasteiger partial charge in [0.05, 0.1) is 42.6 Å². The second kappa shape index (κ2) is 18.9. The van der Waals surface area contributed by atoms with Gasteiger partial charge in [-0.25, -0.2) is 8.42 Å². The minimum absolute atomic E-state index is 0.177. The van der Waals surface area contributed by atoms with Crippen LogP contribution in [0.5, 0.6) is 11.5 Å². The van der Waals surface area contributed by atoms with Crippen molar-refractivity contribution >= 4 is 39.2 Å². The van der Waals surface area contributed by atoms with Crippen LogP contribution in [0.3, 0.4) is 0 Å². The van der Waals surface area contributed by atoms with Gasteiger partial charge in [-0.15, -0.1) is 0 Å². The van der Waals surface area contributed by atoms with E-state index in [-0.39, 0.29) is 23.3 Å². The molecule has 3 aromatic carbocycles. The number of fused-ring (bicyclic) bond motifs is 1. The van der Waals surface area contributed by atoms with Crippen LogP contribution in [0.2, 0.25) is 0 Å². The van der Waals surface area contributed by atoms with Crippen molar-refractivity contribution in [2.45, 2.75) is 76.2 Å². The van der Waals surface area contributed by atoms with Crippen molar-refractivity contribution < 1.29 is 37.1 Å². The smallest absolute Gasteiger partial charge is 0.262 e. The zero-order valence-corrected chi connectivity index (χ0v) is 37.2. The first-order chi connectivity index (χ1) is 29.9. The fourth-order valence-electron chi connectivity index (χ4n) is 10.6. The average Bonchev–Trinajstić information content (AvgIpc) is 3.52. The predicted molar refractivity (Wildman–Crippen MR) is 238 cm³/mol. The minimum atomic E-state index is -3.59. The van der Waals surface area contributed by atoms with Crippen LogP contribution in [0.1, 0.15) is 114 Å². The van der Waals surface area contributed by atoms with Gasteiger partial charge in [-0.1, -0.05) is 30.3 Å². The molecule has 4 amide bonds. The number of ether oxygens (including phenoxy) is 2. The lowest BCUT2D eigenvalue weighted by molar-refractivity contribution is -0.134. The molecule has 8 rings (SSSR count). The molecule has 4 saturated heterocycles. The summed E-state index contributed by atoms with van der Waals surface area (Å²) in [6.45, 7) is 10.7. The summed E-state index contributed by atoms with van der Waals surface area (Å²) in [4.78, 5) is 60.4. The number of hydrogen-bond acceptors (Lipinski definition) is 11. The maximum Gasteiger partial charge on any atom is 0.262 e. The molecule has 3 aromatic rings. The van der Waals surface area contributed by atoms with Crippen LogP contribution in [-0.4, -0.2) is 125 Å². The molecule has 0 bridgehead atoms. The van der Waals surface area contributed by atoms with Crippen molar-refractivity contribution in [2.24, 2.45) is 11.8 Å². The second-order valence-electron chi connectivity index (χ2n) is 18.0. The quantitative estimate of drug-likeness (QED) is 0.196. The zero-order chi connectivity index (χ0) is 43.5. The van der Waals surface area contributed by atoms with Gasteiger partial charge >= 0.3 is 0 Å². The average molecular weight is 868 g/mol. The van der Waals surface area contributed by atoms with E-state index in [4.69, 9.17) is 9.47 Å². The second-order valence-corrected chi connectivity index (χ2v) is 20.1. The van der Waals surface area contributed by atoms with E-state index in [2.05, 4.69) is 44.3 Å². The van der Waals surface area contributed by atoms with Crippen LogP contribution in [0.25, 0.3) is 0 Å². The number of piperidine rings is 4. The highest BCUT2D eigenvalue weighted by Gasteiger charge is 2.43. The Morgan fingerprint density at radius 1 is 0.710 bits per heavy atom. The standard InChI is InChI=1S/C48H61N5O8S/c1-4-61-44-29-37(9-13-43(44)60-2)42(31-62(3,58)59)53-47(56)40-11-10-38(30-41(40)48(53)57)52-25-19-35(20-26-52)34-17-23-51(24-18-34)28-27-50-21-15-33(16-22-50)32-5-7-36(8-6-32)39-12-14-45(54)49-46(39)55/h5-11,13,29-30,33-35,39,42H,4,12,14-28,31H2,1-3H3,(H,49,54,55)/t39?,42-/m1/s1. The van der Waals surface area contributed by atoms with E-state index in [0.717, 1.165) is 100 Å². The molecule has 0 spiro atoms. The highest BCUT2D eigenvalue weighted by Crippen LogP contribution is 2.40. The summed E-state index contributed by atoms with van der Waals surface area (Å²) in [5.41, 5.74) is 4.33. The molecule has 13 nitrogen and oxygen atoms in total. The normalized spacial score (nSPS) is 21.9. The highest BCUT2D eigenvalue weighted by molar-refractivity contribution is 7.90. The predicted octanol–water partition coefficient (Wildman–Crippen LogP) is 5.80. The number of anilines is 1. The largest absolute Gasteiger partial charge is 0.493 e. The molecule has 1 unspecified atom stereocenters. The fraction of sp³-hybridized carbons (Fsp3) is 0.542. The maximum atomic E-state index is 14.0. The van der Waals surface area contributed by atoms with Crippen molar-refractivity contribution in [1.82, 2.24) is 20.0 Å². The van der Waals surface area contributed by atoms with Crippen LogP contribution < -0.4 is 19.7 Å². The van der Waals surface area contributed by atoms with E-state index >= 15 is 0 Å². The monoisotopic (exact) mass is 867 g/mol. The van der Waals surface area contributed by atoms with Crippen molar-refractivity contribution in [1.29, 1.82) is 0 Å². The number of methoxy groups -OCH3 is 1. The van der Waals surface area contributed by atoms with Gasteiger partial charge in [0.2, 0.25) is 11.8 Å². The number of hydrogen-bond donors (Lipinski definition) is 1. The molecule has 5 aliphatic rings. The molecule has 1 N–H and O–H groups in total. The summed E-state index contributed by atoms with van der Waals surface area (Å²) in [6, 6.07) is 18.0. The Morgan fingerprint density at radius 2 is 1.32 bits per heavy atom. The molecule has 0 aromatic heterocycles. The number of nitrogens with one attached hydrogen (secondary N) is 1. The molecule has 2 atom stereocenters. The van der Waals surface area contributed by atoms with E-state index < -0.39 is 33.4 Å². The van der Waals surface area contributed by atoms with Gasteiger partial charge in [0.25, 0.3) is 11.8 Å². The molecule has 0 aliphatic carbocycles. The highest BCUT2D eigenvalue weighted by atomic mass is 32.2.